The van der Waals surface area contributed by atoms with Crippen LogP contribution in [-0.2, 0) is 15.1 Å². The maximum atomic E-state index is 13.1. The second-order valence-corrected chi connectivity index (χ2v) is 5.15. The van der Waals surface area contributed by atoms with Gasteiger partial charge in [-0.05, 0) is 37.0 Å². The van der Waals surface area contributed by atoms with Gasteiger partial charge >= 0.3 is 0 Å². The van der Waals surface area contributed by atoms with Crippen LogP contribution in [0.25, 0.3) is 0 Å². The Morgan fingerprint density at radius 1 is 1.50 bits per heavy atom. The van der Waals surface area contributed by atoms with Crippen LogP contribution in [0, 0.1) is 5.82 Å². The highest BCUT2D eigenvalue weighted by Crippen LogP contribution is 2.26. The van der Waals surface area contributed by atoms with Crippen molar-refractivity contribution < 1.29 is 13.9 Å². The number of rotatable bonds is 6. The molecule has 0 aromatic heterocycles. The van der Waals surface area contributed by atoms with Gasteiger partial charge in [-0.15, -0.1) is 0 Å². The first-order valence-corrected chi connectivity index (χ1v) is 7.01. The average molecular weight is 280 g/mol. The van der Waals surface area contributed by atoms with Gasteiger partial charge in [-0.2, -0.15) is 0 Å². The molecule has 2 unspecified atom stereocenters. The van der Waals surface area contributed by atoms with E-state index in [4.69, 9.17) is 10.5 Å². The number of carbonyl (C=O) groups is 1. The molecular formula is C15H21FN2O2. The quantitative estimate of drug-likeness (QED) is 0.833. The lowest BCUT2D eigenvalue weighted by molar-refractivity contribution is -0.125. The first-order valence-electron chi connectivity index (χ1n) is 7.01. The minimum atomic E-state index is -0.973. The van der Waals surface area contributed by atoms with Crippen LogP contribution in [0.2, 0.25) is 0 Å². The highest BCUT2D eigenvalue weighted by Gasteiger charge is 2.37. The SMILES string of the molecule is CCC(NCC1CCCO1)(C(N)=O)c1ccc(F)cc1. The third-order valence-electron chi connectivity index (χ3n) is 3.94. The van der Waals surface area contributed by atoms with Crippen molar-refractivity contribution in [1.29, 1.82) is 0 Å². The van der Waals surface area contributed by atoms with E-state index in [1.165, 1.54) is 12.1 Å². The molecule has 1 amide bonds. The molecule has 5 heteroatoms. The number of nitrogens with two attached hydrogens (primary N) is 1. The van der Waals surface area contributed by atoms with Gasteiger partial charge in [-0.25, -0.2) is 4.39 Å². The maximum absolute atomic E-state index is 13.1. The minimum Gasteiger partial charge on any atom is -0.377 e. The first kappa shape index (κ1) is 14.9. The van der Waals surface area contributed by atoms with Crippen LogP contribution in [0.3, 0.4) is 0 Å². The summed E-state index contributed by atoms with van der Waals surface area (Å²) in [5, 5.41) is 3.24. The number of halogens is 1. The number of hydrogen-bond donors (Lipinski definition) is 2. The van der Waals surface area contributed by atoms with E-state index >= 15 is 0 Å². The van der Waals surface area contributed by atoms with Gasteiger partial charge in [-0.3, -0.25) is 10.1 Å². The van der Waals surface area contributed by atoms with Crippen molar-refractivity contribution in [2.45, 2.75) is 37.8 Å². The van der Waals surface area contributed by atoms with Gasteiger partial charge < -0.3 is 10.5 Å². The van der Waals surface area contributed by atoms with Crippen molar-refractivity contribution in [1.82, 2.24) is 5.32 Å². The van der Waals surface area contributed by atoms with Gasteiger partial charge in [0.15, 0.2) is 0 Å². The Morgan fingerprint density at radius 3 is 2.70 bits per heavy atom. The summed E-state index contributed by atoms with van der Waals surface area (Å²) in [5.74, 6) is -0.785. The average Bonchev–Trinajstić information content (AvgIpc) is 2.94. The predicted octanol–water partition coefficient (Wildman–Crippen LogP) is 1.68. The molecule has 1 aliphatic rings. The number of amides is 1. The molecule has 1 aliphatic heterocycles. The summed E-state index contributed by atoms with van der Waals surface area (Å²) < 4.78 is 18.6. The number of primary amides is 1. The second kappa shape index (κ2) is 6.33. The number of ether oxygens (including phenoxy) is 1. The van der Waals surface area contributed by atoms with Crippen molar-refractivity contribution in [2.24, 2.45) is 5.73 Å². The number of benzene rings is 1. The molecule has 4 nitrogen and oxygen atoms in total. The first-order chi connectivity index (χ1) is 9.58. The Morgan fingerprint density at radius 2 is 2.20 bits per heavy atom. The van der Waals surface area contributed by atoms with Gasteiger partial charge in [0.2, 0.25) is 5.91 Å². The molecule has 2 atom stereocenters. The topological polar surface area (TPSA) is 64.3 Å². The number of hydrogen-bond acceptors (Lipinski definition) is 3. The fourth-order valence-electron chi connectivity index (χ4n) is 2.66. The van der Waals surface area contributed by atoms with Crippen molar-refractivity contribution >= 4 is 5.91 Å². The van der Waals surface area contributed by atoms with E-state index in [0.717, 1.165) is 19.4 Å². The van der Waals surface area contributed by atoms with E-state index in [0.29, 0.717) is 18.5 Å². The van der Waals surface area contributed by atoms with Crippen LogP contribution < -0.4 is 11.1 Å². The summed E-state index contributed by atoms with van der Waals surface area (Å²) in [7, 11) is 0. The molecule has 1 saturated heterocycles. The molecule has 0 radical (unpaired) electrons. The third kappa shape index (κ3) is 2.99. The molecule has 1 aromatic carbocycles. The van der Waals surface area contributed by atoms with Crippen LogP contribution in [0.5, 0.6) is 0 Å². The van der Waals surface area contributed by atoms with Crippen LogP contribution >= 0.6 is 0 Å². The monoisotopic (exact) mass is 280 g/mol. The zero-order valence-corrected chi connectivity index (χ0v) is 11.7. The van der Waals surface area contributed by atoms with E-state index in [2.05, 4.69) is 5.32 Å². The smallest absolute Gasteiger partial charge is 0.242 e. The fourth-order valence-corrected chi connectivity index (χ4v) is 2.66. The lowest BCUT2D eigenvalue weighted by Gasteiger charge is -2.32. The van der Waals surface area contributed by atoms with Crippen LogP contribution in [-0.4, -0.2) is 25.2 Å². The minimum absolute atomic E-state index is 0.112. The zero-order valence-electron chi connectivity index (χ0n) is 11.7. The van der Waals surface area contributed by atoms with E-state index in [1.807, 2.05) is 6.92 Å². The van der Waals surface area contributed by atoms with Crippen LogP contribution in [0.1, 0.15) is 31.7 Å². The van der Waals surface area contributed by atoms with E-state index < -0.39 is 11.4 Å². The molecule has 0 aliphatic carbocycles. The largest absolute Gasteiger partial charge is 0.377 e. The van der Waals surface area contributed by atoms with Crippen LogP contribution in [0.15, 0.2) is 24.3 Å². The lowest BCUT2D eigenvalue weighted by atomic mass is 9.86. The molecular weight excluding hydrogens is 259 g/mol. The van der Waals surface area contributed by atoms with E-state index in [-0.39, 0.29) is 11.9 Å². The summed E-state index contributed by atoms with van der Waals surface area (Å²) in [5.41, 5.74) is 5.32. The van der Waals surface area contributed by atoms with Crippen molar-refractivity contribution in [3.63, 3.8) is 0 Å². The highest BCUT2D eigenvalue weighted by atomic mass is 19.1. The number of nitrogens with one attached hydrogen (secondary N) is 1. The van der Waals surface area contributed by atoms with Crippen LogP contribution in [0.4, 0.5) is 4.39 Å². The molecule has 20 heavy (non-hydrogen) atoms. The summed E-state index contributed by atoms with van der Waals surface area (Å²) in [6.45, 7) is 3.21. The maximum Gasteiger partial charge on any atom is 0.242 e. The van der Waals surface area contributed by atoms with Gasteiger partial charge in [0.25, 0.3) is 0 Å². The zero-order chi connectivity index (χ0) is 14.6. The van der Waals surface area contributed by atoms with Gasteiger partial charge in [0.05, 0.1) is 6.10 Å². The molecule has 1 heterocycles. The molecule has 110 valence electrons. The summed E-state index contributed by atoms with van der Waals surface area (Å²) in [6, 6.07) is 5.89. The standard InChI is InChI=1S/C15H21FN2O2/c1-2-15(14(17)19,11-5-7-12(16)8-6-11)18-10-13-4-3-9-20-13/h5-8,13,18H,2-4,9-10H2,1H3,(H2,17,19). The normalized spacial score (nSPS) is 21.6. The third-order valence-corrected chi connectivity index (χ3v) is 3.94. The Balaban J connectivity index is 2.19. The molecule has 0 spiro atoms. The molecule has 0 bridgehead atoms. The molecule has 1 aromatic rings. The Bertz CT molecular complexity index is 457. The summed E-state index contributed by atoms with van der Waals surface area (Å²) in [6.07, 6.45) is 2.63. The second-order valence-electron chi connectivity index (χ2n) is 5.15. The molecule has 0 saturated carbocycles. The van der Waals surface area contributed by atoms with Crippen molar-refractivity contribution in [3.8, 4) is 0 Å². The lowest BCUT2D eigenvalue weighted by Crippen LogP contribution is -2.54. The Kier molecular flexibility index (Phi) is 4.73. The van der Waals surface area contributed by atoms with E-state index in [9.17, 15) is 9.18 Å². The number of carbonyl (C=O) groups excluding carboxylic acids is 1. The fraction of sp³-hybridized carbons (Fsp3) is 0.533. The van der Waals surface area contributed by atoms with Crippen molar-refractivity contribution in [3.05, 3.63) is 35.6 Å². The summed E-state index contributed by atoms with van der Waals surface area (Å²) >= 11 is 0. The predicted molar refractivity (Wildman–Crippen MR) is 74.5 cm³/mol. The van der Waals surface area contributed by atoms with E-state index in [1.54, 1.807) is 12.1 Å². The van der Waals surface area contributed by atoms with Gasteiger partial charge in [-0.1, -0.05) is 19.1 Å². The molecule has 1 fully saturated rings. The Hall–Kier alpha value is -1.46. The highest BCUT2D eigenvalue weighted by molar-refractivity contribution is 5.86. The molecule has 2 rings (SSSR count). The Labute approximate surface area is 118 Å². The summed E-state index contributed by atoms with van der Waals surface area (Å²) in [4.78, 5) is 12.0. The molecule has 3 N–H and O–H groups in total. The van der Waals surface area contributed by atoms with Gasteiger partial charge in [0.1, 0.15) is 11.4 Å². The van der Waals surface area contributed by atoms with Crippen molar-refractivity contribution in [2.75, 3.05) is 13.2 Å². The van der Waals surface area contributed by atoms with Gasteiger partial charge in [0, 0.05) is 13.2 Å².